The van der Waals surface area contributed by atoms with Gasteiger partial charge in [-0.3, -0.25) is 0 Å². The van der Waals surface area contributed by atoms with Crippen LogP contribution in [0, 0.1) is 6.92 Å². The number of hydrogen-bond acceptors (Lipinski definition) is 8. The number of rotatable bonds is 6. The lowest BCUT2D eigenvalue weighted by molar-refractivity contribution is 0.122. The zero-order valence-electron chi connectivity index (χ0n) is 15.5. The van der Waals surface area contributed by atoms with Crippen molar-refractivity contribution in [2.75, 3.05) is 57.8 Å². The SMILES string of the molecule is COc1cc(Nc2nc(N3CCOCC3)ncc2C)cc(OC)c1OC. The van der Waals surface area contributed by atoms with Crippen molar-refractivity contribution in [1.82, 2.24) is 9.97 Å². The molecule has 1 aliphatic rings. The zero-order chi connectivity index (χ0) is 18.5. The largest absolute Gasteiger partial charge is 0.493 e. The molecule has 0 radical (unpaired) electrons. The van der Waals surface area contributed by atoms with Gasteiger partial charge in [-0.15, -0.1) is 0 Å². The van der Waals surface area contributed by atoms with Crippen molar-refractivity contribution in [3.8, 4) is 17.2 Å². The van der Waals surface area contributed by atoms with E-state index < -0.39 is 0 Å². The maximum Gasteiger partial charge on any atom is 0.227 e. The number of benzene rings is 1. The average molecular weight is 360 g/mol. The molecule has 8 nitrogen and oxygen atoms in total. The van der Waals surface area contributed by atoms with E-state index in [4.69, 9.17) is 18.9 Å². The number of ether oxygens (including phenoxy) is 4. The summed E-state index contributed by atoms with van der Waals surface area (Å²) in [5.41, 5.74) is 1.73. The smallest absolute Gasteiger partial charge is 0.227 e. The van der Waals surface area contributed by atoms with Gasteiger partial charge in [0.2, 0.25) is 11.7 Å². The van der Waals surface area contributed by atoms with Crippen LogP contribution in [0.3, 0.4) is 0 Å². The van der Waals surface area contributed by atoms with E-state index in [0.717, 1.165) is 30.2 Å². The third-order valence-electron chi connectivity index (χ3n) is 4.18. The van der Waals surface area contributed by atoms with E-state index in [1.54, 1.807) is 21.3 Å². The van der Waals surface area contributed by atoms with Crippen molar-refractivity contribution >= 4 is 17.5 Å². The number of aryl methyl sites for hydroxylation is 1. The Morgan fingerprint density at radius 2 is 1.69 bits per heavy atom. The van der Waals surface area contributed by atoms with Gasteiger partial charge in [-0.05, 0) is 6.92 Å². The Morgan fingerprint density at radius 1 is 1.04 bits per heavy atom. The summed E-state index contributed by atoms with van der Waals surface area (Å²) in [4.78, 5) is 11.2. The molecule has 8 heteroatoms. The van der Waals surface area contributed by atoms with E-state index in [0.29, 0.717) is 36.4 Å². The number of nitrogens with one attached hydrogen (secondary N) is 1. The van der Waals surface area contributed by atoms with Crippen molar-refractivity contribution in [3.05, 3.63) is 23.9 Å². The highest BCUT2D eigenvalue weighted by atomic mass is 16.5. The molecule has 26 heavy (non-hydrogen) atoms. The molecule has 0 aliphatic carbocycles. The number of aromatic nitrogens is 2. The van der Waals surface area contributed by atoms with Crippen molar-refractivity contribution in [3.63, 3.8) is 0 Å². The summed E-state index contributed by atoms with van der Waals surface area (Å²) in [7, 11) is 4.76. The van der Waals surface area contributed by atoms with Crippen LogP contribution in [-0.2, 0) is 4.74 Å². The van der Waals surface area contributed by atoms with E-state index in [-0.39, 0.29) is 0 Å². The van der Waals surface area contributed by atoms with Gasteiger partial charge in [0, 0.05) is 42.7 Å². The molecule has 140 valence electrons. The van der Waals surface area contributed by atoms with Crippen LogP contribution in [-0.4, -0.2) is 57.6 Å². The first-order valence-electron chi connectivity index (χ1n) is 8.39. The van der Waals surface area contributed by atoms with Crippen LogP contribution in [0.15, 0.2) is 18.3 Å². The predicted molar refractivity (Wildman–Crippen MR) is 99.2 cm³/mol. The molecule has 1 fully saturated rings. The Morgan fingerprint density at radius 3 is 2.27 bits per heavy atom. The summed E-state index contributed by atoms with van der Waals surface area (Å²) in [6, 6.07) is 3.69. The fourth-order valence-electron chi connectivity index (χ4n) is 2.76. The summed E-state index contributed by atoms with van der Waals surface area (Å²) >= 11 is 0. The predicted octanol–water partition coefficient (Wildman–Crippen LogP) is 2.39. The Bertz CT molecular complexity index is 738. The van der Waals surface area contributed by atoms with Crippen LogP contribution >= 0.6 is 0 Å². The minimum Gasteiger partial charge on any atom is -0.493 e. The van der Waals surface area contributed by atoms with Gasteiger partial charge in [-0.1, -0.05) is 0 Å². The number of nitrogens with zero attached hydrogens (tertiary/aromatic N) is 3. The fourth-order valence-corrected chi connectivity index (χ4v) is 2.76. The molecule has 1 N–H and O–H groups in total. The summed E-state index contributed by atoms with van der Waals surface area (Å²) in [5.74, 6) is 3.13. The molecule has 2 heterocycles. The van der Waals surface area contributed by atoms with E-state index >= 15 is 0 Å². The van der Waals surface area contributed by atoms with Crippen molar-refractivity contribution in [1.29, 1.82) is 0 Å². The quantitative estimate of drug-likeness (QED) is 0.841. The highest BCUT2D eigenvalue weighted by Crippen LogP contribution is 2.40. The summed E-state index contributed by atoms with van der Waals surface area (Å²) in [5, 5.41) is 3.33. The normalized spacial score (nSPS) is 14.1. The number of hydrogen-bond donors (Lipinski definition) is 1. The minimum atomic E-state index is 0.550. The van der Waals surface area contributed by atoms with Crippen LogP contribution in [0.25, 0.3) is 0 Å². The molecule has 2 aromatic rings. The highest BCUT2D eigenvalue weighted by Gasteiger charge is 2.17. The molecule has 0 amide bonds. The third kappa shape index (κ3) is 3.75. The maximum absolute atomic E-state index is 5.41. The molecule has 0 unspecified atom stereocenters. The van der Waals surface area contributed by atoms with Gasteiger partial charge >= 0.3 is 0 Å². The molecule has 1 aromatic carbocycles. The molecule has 1 aliphatic heterocycles. The lowest BCUT2D eigenvalue weighted by Crippen LogP contribution is -2.37. The van der Waals surface area contributed by atoms with E-state index in [9.17, 15) is 0 Å². The van der Waals surface area contributed by atoms with E-state index in [1.807, 2.05) is 25.3 Å². The molecule has 1 aromatic heterocycles. The zero-order valence-corrected chi connectivity index (χ0v) is 15.5. The Labute approximate surface area is 153 Å². The first-order chi connectivity index (χ1) is 12.7. The van der Waals surface area contributed by atoms with Gasteiger partial charge in [0.25, 0.3) is 0 Å². The third-order valence-corrected chi connectivity index (χ3v) is 4.18. The van der Waals surface area contributed by atoms with Gasteiger partial charge in [0.1, 0.15) is 5.82 Å². The summed E-state index contributed by atoms with van der Waals surface area (Å²) in [6.45, 7) is 4.91. The molecule has 0 spiro atoms. The molecule has 0 saturated carbocycles. The lowest BCUT2D eigenvalue weighted by atomic mass is 10.2. The van der Waals surface area contributed by atoms with Gasteiger partial charge in [-0.2, -0.15) is 4.98 Å². The Hall–Kier alpha value is -2.74. The Balaban J connectivity index is 1.90. The standard InChI is InChI=1S/C18H24N4O4/c1-12-11-19-18(22-5-7-26-8-6-22)21-17(12)20-13-9-14(23-2)16(25-4)15(10-13)24-3/h9-11H,5-8H2,1-4H3,(H,19,20,21). The van der Waals surface area contributed by atoms with E-state index in [1.165, 1.54) is 0 Å². The van der Waals surface area contributed by atoms with Gasteiger partial charge in [0.15, 0.2) is 11.5 Å². The maximum atomic E-state index is 5.41. The van der Waals surface area contributed by atoms with Crippen molar-refractivity contribution in [2.24, 2.45) is 0 Å². The first kappa shape index (κ1) is 18.1. The number of anilines is 3. The van der Waals surface area contributed by atoms with Gasteiger partial charge in [0.05, 0.1) is 34.5 Å². The second-order valence-corrected chi connectivity index (χ2v) is 5.84. The molecule has 1 saturated heterocycles. The molecule has 3 rings (SSSR count). The van der Waals surface area contributed by atoms with E-state index in [2.05, 4.69) is 20.2 Å². The molecule has 0 atom stereocenters. The van der Waals surface area contributed by atoms with Crippen molar-refractivity contribution < 1.29 is 18.9 Å². The molecule has 0 bridgehead atoms. The van der Waals surface area contributed by atoms with Crippen LogP contribution in [0.5, 0.6) is 17.2 Å². The minimum absolute atomic E-state index is 0.550. The van der Waals surface area contributed by atoms with Gasteiger partial charge < -0.3 is 29.2 Å². The van der Waals surface area contributed by atoms with Crippen molar-refractivity contribution in [2.45, 2.75) is 6.92 Å². The fraction of sp³-hybridized carbons (Fsp3) is 0.444. The second-order valence-electron chi connectivity index (χ2n) is 5.84. The van der Waals surface area contributed by atoms with Gasteiger partial charge in [-0.25, -0.2) is 4.98 Å². The van der Waals surface area contributed by atoms with Crippen LogP contribution in [0.4, 0.5) is 17.5 Å². The van der Waals surface area contributed by atoms with Crippen LogP contribution < -0.4 is 24.4 Å². The molecular weight excluding hydrogens is 336 g/mol. The first-order valence-corrected chi connectivity index (χ1v) is 8.39. The second kappa shape index (κ2) is 8.09. The number of methoxy groups -OCH3 is 3. The van der Waals surface area contributed by atoms with Crippen LogP contribution in [0.1, 0.15) is 5.56 Å². The lowest BCUT2D eigenvalue weighted by Gasteiger charge is -2.27. The van der Waals surface area contributed by atoms with Crippen LogP contribution in [0.2, 0.25) is 0 Å². The monoisotopic (exact) mass is 360 g/mol. The topological polar surface area (TPSA) is 78.0 Å². The highest BCUT2D eigenvalue weighted by molar-refractivity contribution is 5.68. The summed E-state index contributed by atoms with van der Waals surface area (Å²) in [6.07, 6.45) is 1.82. The average Bonchev–Trinajstić information content (AvgIpc) is 2.69. The number of morpholine rings is 1. The molecular formula is C18H24N4O4. The summed E-state index contributed by atoms with van der Waals surface area (Å²) < 4.78 is 21.6. The Kier molecular flexibility index (Phi) is 5.62.